The molecule has 2 aromatic carbocycles. The SMILES string of the molecule is O=C(COC(=O)C1CC(=O)N(c2ccc3c(c2)OCCO3)C1)c1cc2ccccc2o1. The molecule has 31 heavy (non-hydrogen) atoms. The minimum atomic E-state index is -0.649. The summed E-state index contributed by atoms with van der Waals surface area (Å²) in [5, 5.41) is 0.800. The maximum atomic E-state index is 12.5. The number of hydrogen-bond donors (Lipinski definition) is 0. The summed E-state index contributed by atoms with van der Waals surface area (Å²) >= 11 is 0. The molecule has 0 N–H and O–H groups in total. The van der Waals surface area contributed by atoms with E-state index in [1.165, 1.54) is 4.90 Å². The van der Waals surface area contributed by atoms with E-state index in [1.807, 2.05) is 18.2 Å². The summed E-state index contributed by atoms with van der Waals surface area (Å²) in [5.41, 5.74) is 1.22. The van der Waals surface area contributed by atoms with Gasteiger partial charge in [-0.3, -0.25) is 14.4 Å². The number of ether oxygens (including phenoxy) is 3. The number of nitrogens with zero attached hydrogens (tertiary/aromatic N) is 1. The van der Waals surface area contributed by atoms with Crippen LogP contribution >= 0.6 is 0 Å². The van der Waals surface area contributed by atoms with Crippen molar-refractivity contribution in [1.82, 2.24) is 0 Å². The molecular formula is C23H19NO7. The quantitative estimate of drug-likeness (QED) is 0.462. The summed E-state index contributed by atoms with van der Waals surface area (Å²) in [7, 11) is 0. The molecule has 2 aliphatic rings. The van der Waals surface area contributed by atoms with Crippen LogP contribution in [0.4, 0.5) is 5.69 Å². The molecule has 1 amide bonds. The summed E-state index contributed by atoms with van der Waals surface area (Å²) in [6.07, 6.45) is 0.0199. The van der Waals surface area contributed by atoms with E-state index < -0.39 is 24.3 Å². The first-order valence-corrected chi connectivity index (χ1v) is 9.97. The van der Waals surface area contributed by atoms with E-state index in [1.54, 1.807) is 30.3 Å². The maximum absolute atomic E-state index is 12.5. The first-order valence-electron chi connectivity index (χ1n) is 9.97. The van der Waals surface area contributed by atoms with E-state index in [0.29, 0.717) is 36.0 Å². The van der Waals surface area contributed by atoms with Crippen LogP contribution < -0.4 is 14.4 Å². The Morgan fingerprint density at radius 2 is 1.84 bits per heavy atom. The second-order valence-corrected chi connectivity index (χ2v) is 7.41. The second-order valence-electron chi connectivity index (χ2n) is 7.41. The fraction of sp³-hybridized carbons (Fsp3) is 0.261. The first kappa shape index (κ1) is 19.2. The van der Waals surface area contributed by atoms with Crippen LogP contribution in [0.25, 0.3) is 11.0 Å². The fourth-order valence-corrected chi connectivity index (χ4v) is 3.76. The number of carbonyl (C=O) groups is 3. The third-order valence-corrected chi connectivity index (χ3v) is 5.34. The van der Waals surface area contributed by atoms with E-state index in [2.05, 4.69) is 0 Å². The normalized spacial score (nSPS) is 17.7. The average Bonchev–Trinajstić information content (AvgIpc) is 3.40. The molecule has 8 heteroatoms. The predicted octanol–water partition coefficient (Wildman–Crippen LogP) is 2.98. The predicted molar refractivity (Wildman–Crippen MR) is 109 cm³/mol. The number of Topliss-reactive ketones (excluding diaryl/α,β-unsaturated/α-hetero) is 1. The highest BCUT2D eigenvalue weighted by Gasteiger charge is 2.37. The number of anilines is 1. The van der Waals surface area contributed by atoms with Crippen LogP contribution in [0.15, 0.2) is 52.9 Å². The summed E-state index contributed by atoms with van der Waals surface area (Å²) in [5.74, 6) is -0.531. The zero-order chi connectivity index (χ0) is 21.4. The molecule has 0 bridgehead atoms. The van der Waals surface area contributed by atoms with Gasteiger partial charge in [-0.05, 0) is 24.3 Å². The van der Waals surface area contributed by atoms with Crippen LogP contribution in [0.1, 0.15) is 17.0 Å². The van der Waals surface area contributed by atoms with Gasteiger partial charge in [0.25, 0.3) is 0 Å². The number of hydrogen-bond acceptors (Lipinski definition) is 7. The zero-order valence-electron chi connectivity index (χ0n) is 16.5. The van der Waals surface area contributed by atoms with Crippen molar-refractivity contribution in [2.45, 2.75) is 6.42 Å². The number of fused-ring (bicyclic) bond motifs is 2. The molecule has 158 valence electrons. The molecule has 3 aromatic rings. The van der Waals surface area contributed by atoms with E-state index in [9.17, 15) is 14.4 Å². The van der Waals surface area contributed by atoms with E-state index >= 15 is 0 Å². The minimum Gasteiger partial charge on any atom is -0.486 e. The van der Waals surface area contributed by atoms with Crippen molar-refractivity contribution in [1.29, 1.82) is 0 Å². The number of benzene rings is 2. The van der Waals surface area contributed by atoms with Crippen LogP contribution in [0.5, 0.6) is 11.5 Å². The molecule has 0 aliphatic carbocycles. The van der Waals surface area contributed by atoms with Crippen molar-refractivity contribution in [3.05, 3.63) is 54.3 Å². The largest absolute Gasteiger partial charge is 0.486 e. The molecule has 1 aromatic heterocycles. The molecule has 3 heterocycles. The van der Waals surface area contributed by atoms with Crippen LogP contribution in [-0.2, 0) is 14.3 Å². The molecule has 1 unspecified atom stereocenters. The summed E-state index contributed by atoms with van der Waals surface area (Å²) in [6, 6.07) is 14.1. The summed E-state index contributed by atoms with van der Waals surface area (Å²) < 4.78 is 21.7. The Morgan fingerprint density at radius 3 is 2.68 bits per heavy atom. The number of esters is 1. The number of rotatable bonds is 5. The van der Waals surface area contributed by atoms with Gasteiger partial charge in [-0.25, -0.2) is 0 Å². The Balaban J connectivity index is 1.21. The van der Waals surface area contributed by atoms with Gasteiger partial charge in [-0.15, -0.1) is 0 Å². The Labute approximate surface area is 177 Å². The highest BCUT2D eigenvalue weighted by Crippen LogP contribution is 2.36. The van der Waals surface area contributed by atoms with Crippen molar-refractivity contribution in [3.63, 3.8) is 0 Å². The topological polar surface area (TPSA) is 95.3 Å². The molecule has 1 saturated heterocycles. The van der Waals surface area contributed by atoms with Gasteiger partial charge in [0, 0.05) is 30.1 Å². The number of carbonyl (C=O) groups excluding carboxylic acids is 3. The van der Waals surface area contributed by atoms with Crippen molar-refractivity contribution in [3.8, 4) is 11.5 Å². The lowest BCUT2D eigenvalue weighted by Crippen LogP contribution is -2.27. The lowest BCUT2D eigenvalue weighted by Gasteiger charge is -2.22. The van der Waals surface area contributed by atoms with E-state index in [4.69, 9.17) is 18.6 Å². The van der Waals surface area contributed by atoms with Gasteiger partial charge >= 0.3 is 5.97 Å². The number of amides is 1. The molecule has 5 rings (SSSR count). The smallest absolute Gasteiger partial charge is 0.311 e. The van der Waals surface area contributed by atoms with Crippen LogP contribution in [0.2, 0.25) is 0 Å². The first-order chi connectivity index (χ1) is 15.1. The summed E-state index contributed by atoms with van der Waals surface area (Å²) in [4.78, 5) is 38.8. The Kier molecular flexibility index (Phi) is 4.82. The lowest BCUT2D eigenvalue weighted by molar-refractivity contribution is -0.147. The van der Waals surface area contributed by atoms with Crippen molar-refractivity contribution in [2.75, 3.05) is 31.3 Å². The van der Waals surface area contributed by atoms with Crippen molar-refractivity contribution >= 4 is 34.3 Å². The molecular weight excluding hydrogens is 402 g/mol. The van der Waals surface area contributed by atoms with Crippen LogP contribution in [0, 0.1) is 5.92 Å². The average molecular weight is 421 g/mol. The minimum absolute atomic E-state index is 0.0199. The van der Waals surface area contributed by atoms with Gasteiger partial charge in [-0.1, -0.05) is 18.2 Å². The summed E-state index contributed by atoms with van der Waals surface area (Å²) in [6.45, 7) is 0.664. The second kappa shape index (κ2) is 7.79. The Hall–Kier alpha value is -3.81. The highest BCUT2D eigenvalue weighted by atomic mass is 16.6. The van der Waals surface area contributed by atoms with E-state index in [0.717, 1.165) is 5.39 Å². The Bertz CT molecular complexity index is 1150. The van der Waals surface area contributed by atoms with E-state index in [-0.39, 0.29) is 24.6 Å². The standard InChI is InChI=1S/C23H19NO7/c25-17(20-9-14-3-1-2-4-18(14)31-20)13-30-23(27)15-10-22(26)24(12-15)16-5-6-19-21(11-16)29-8-7-28-19/h1-6,9,11,15H,7-8,10,12-13H2. The third-order valence-electron chi connectivity index (χ3n) is 5.34. The van der Waals surface area contributed by atoms with Crippen LogP contribution in [-0.4, -0.2) is 44.0 Å². The zero-order valence-corrected chi connectivity index (χ0v) is 16.5. The molecule has 8 nitrogen and oxygen atoms in total. The molecule has 0 saturated carbocycles. The van der Waals surface area contributed by atoms with Crippen LogP contribution in [0.3, 0.4) is 0 Å². The van der Waals surface area contributed by atoms with Gasteiger partial charge < -0.3 is 23.5 Å². The molecule has 1 atom stereocenters. The third kappa shape index (κ3) is 3.72. The molecule has 1 fully saturated rings. The van der Waals surface area contributed by atoms with Gasteiger partial charge in [0.15, 0.2) is 23.9 Å². The number of ketones is 1. The van der Waals surface area contributed by atoms with Gasteiger partial charge in [0.1, 0.15) is 18.8 Å². The molecule has 0 spiro atoms. The van der Waals surface area contributed by atoms with Gasteiger partial charge in [0.2, 0.25) is 11.7 Å². The van der Waals surface area contributed by atoms with Gasteiger partial charge in [0.05, 0.1) is 5.92 Å². The maximum Gasteiger partial charge on any atom is 0.311 e. The number of furan rings is 1. The monoisotopic (exact) mass is 421 g/mol. The molecule has 0 radical (unpaired) electrons. The fourth-order valence-electron chi connectivity index (χ4n) is 3.76. The highest BCUT2D eigenvalue weighted by molar-refractivity contribution is 6.01. The number of para-hydroxylation sites is 1. The lowest BCUT2D eigenvalue weighted by atomic mass is 10.1. The van der Waals surface area contributed by atoms with Crippen molar-refractivity contribution < 1.29 is 33.0 Å². The Morgan fingerprint density at radius 1 is 1.03 bits per heavy atom. The molecule has 2 aliphatic heterocycles. The van der Waals surface area contributed by atoms with Crippen molar-refractivity contribution in [2.24, 2.45) is 5.92 Å². The van der Waals surface area contributed by atoms with Gasteiger partial charge in [-0.2, -0.15) is 0 Å².